The van der Waals surface area contributed by atoms with E-state index >= 15 is 0 Å². The van der Waals surface area contributed by atoms with Crippen molar-refractivity contribution in [1.29, 1.82) is 0 Å². The maximum atomic E-state index is 12.6. The van der Waals surface area contributed by atoms with Crippen molar-refractivity contribution in [2.75, 3.05) is 0 Å². The molecule has 1 atom stereocenters. The second-order valence-electron chi connectivity index (χ2n) is 2.24. The highest BCUT2D eigenvalue weighted by atomic mass is 32.2. The molecule has 0 fully saturated rings. The van der Waals surface area contributed by atoms with Gasteiger partial charge in [-0.3, -0.25) is 0 Å². The van der Waals surface area contributed by atoms with Crippen molar-refractivity contribution in [3.05, 3.63) is 0 Å². The van der Waals surface area contributed by atoms with Crippen LogP contribution in [0.3, 0.4) is 0 Å². The molecular formula is C5H7F3O5S. The first-order valence-corrected chi connectivity index (χ1v) is 4.74. The van der Waals surface area contributed by atoms with Crippen LogP contribution >= 0.6 is 0 Å². The Labute approximate surface area is 77.6 Å². The third-order valence-electron chi connectivity index (χ3n) is 1.24. The van der Waals surface area contributed by atoms with E-state index < -0.39 is 34.1 Å². The monoisotopic (exact) mass is 236 g/mol. The summed E-state index contributed by atoms with van der Waals surface area (Å²) in [4.78, 5) is 9.72. The van der Waals surface area contributed by atoms with Gasteiger partial charge in [0.25, 0.3) is 0 Å². The molecule has 0 saturated heterocycles. The normalized spacial score (nSPS) is 14.9. The summed E-state index contributed by atoms with van der Waals surface area (Å²) in [6, 6.07) is 0. The summed E-state index contributed by atoms with van der Waals surface area (Å²) < 4.78 is 61.5. The van der Waals surface area contributed by atoms with Crippen LogP contribution in [0.15, 0.2) is 0 Å². The predicted octanol–water partition coefficient (Wildman–Crippen LogP) is 1.35. The molecule has 0 aromatic carbocycles. The molecule has 9 heteroatoms. The van der Waals surface area contributed by atoms with Crippen LogP contribution in [-0.2, 0) is 14.3 Å². The second kappa shape index (κ2) is 4.03. The Morgan fingerprint density at radius 3 is 2.29 bits per heavy atom. The van der Waals surface area contributed by atoms with Gasteiger partial charge in [-0.25, -0.2) is 9.18 Å². The second-order valence-corrected chi connectivity index (χ2v) is 3.86. The Morgan fingerprint density at radius 2 is 2.00 bits per heavy atom. The molecule has 0 aliphatic heterocycles. The number of hydrogen-bond donors (Lipinski definition) is 1. The van der Waals surface area contributed by atoms with Crippen LogP contribution in [0, 0.1) is 0 Å². The number of rotatable bonds is 4. The maximum absolute atomic E-state index is 12.6. The first-order valence-electron chi connectivity index (χ1n) is 3.34. The molecule has 0 saturated carbocycles. The fourth-order valence-corrected chi connectivity index (χ4v) is 1.32. The topological polar surface area (TPSA) is 80.7 Å². The van der Waals surface area contributed by atoms with Crippen molar-refractivity contribution in [2.24, 2.45) is 0 Å². The standard InChI is InChI=1S/C5H7F3O5S/c1-2-3(6)5(7,8)14(11,12)13-4(9)10/h3H,2H2,1H3,(H,9,10). The molecule has 0 aliphatic carbocycles. The van der Waals surface area contributed by atoms with E-state index in [-0.39, 0.29) is 0 Å². The van der Waals surface area contributed by atoms with Gasteiger partial charge < -0.3 is 9.29 Å². The summed E-state index contributed by atoms with van der Waals surface area (Å²) in [5, 5.41) is 2.95. The molecule has 14 heavy (non-hydrogen) atoms. The molecule has 5 nitrogen and oxygen atoms in total. The molecule has 0 spiro atoms. The minimum atomic E-state index is -5.78. The van der Waals surface area contributed by atoms with E-state index in [0.29, 0.717) is 0 Å². The van der Waals surface area contributed by atoms with Gasteiger partial charge in [0, 0.05) is 0 Å². The van der Waals surface area contributed by atoms with E-state index in [4.69, 9.17) is 5.11 Å². The van der Waals surface area contributed by atoms with E-state index in [1.54, 1.807) is 0 Å². The third kappa shape index (κ3) is 2.50. The van der Waals surface area contributed by atoms with Gasteiger partial charge in [-0.05, 0) is 6.42 Å². The highest BCUT2D eigenvalue weighted by molar-refractivity contribution is 7.88. The average Bonchev–Trinajstić information content (AvgIpc) is 2.00. The summed E-state index contributed by atoms with van der Waals surface area (Å²) in [6.07, 6.45) is -6.23. The molecule has 0 rings (SSSR count). The summed E-state index contributed by atoms with van der Waals surface area (Å²) in [5.74, 6) is 0. The molecule has 0 amide bonds. The molecule has 0 aliphatic rings. The zero-order valence-corrected chi connectivity index (χ0v) is 7.72. The lowest BCUT2D eigenvalue weighted by Gasteiger charge is -2.17. The zero-order valence-electron chi connectivity index (χ0n) is 6.91. The minimum Gasteiger partial charge on any atom is -0.449 e. The fraction of sp³-hybridized carbons (Fsp3) is 0.800. The summed E-state index contributed by atoms with van der Waals surface area (Å²) in [7, 11) is -5.78. The number of alkyl halides is 3. The largest absolute Gasteiger partial charge is 0.521 e. The van der Waals surface area contributed by atoms with Crippen molar-refractivity contribution in [2.45, 2.75) is 24.8 Å². The summed E-state index contributed by atoms with van der Waals surface area (Å²) >= 11 is 0. The van der Waals surface area contributed by atoms with Crippen molar-refractivity contribution >= 4 is 16.3 Å². The van der Waals surface area contributed by atoms with Gasteiger partial charge in [-0.15, -0.1) is 0 Å². The van der Waals surface area contributed by atoms with Crippen molar-refractivity contribution < 1.29 is 35.7 Å². The van der Waals surface area contributed by atoms with Gasteiger partial charge in [-0.1, -0.05) is 6.92 Å². The lowest BCUT2D eigenvalue weighted by Crippen LogP contribution is -2.40. The summed E-state index contributed by atoms with van der Waals surface area (Å²) in [6.45, 7) is 0.981. The van der Waals surface area contributed by atoms with Crippen LogP contribution in [0.2, 0.25) is 0 Å². The number of carbonyl (C=O) groups is 1. The highest BCUT2D eigenvalue weighted by Gasteiger charge is 2.55. The molecule has 0 radical (unpaired) electrons. The SMILES string of the molecule is CCC(F)C(F)(F)S(=O)(=O)OC(=O)O. The van der Waals surface area contributed by atoms with Crippen LogP contribution in [0.5, 0.6) is 0 Å². The Kier molecular flexibility index (Phi) is 3.74. The quantitative estimate of drug-likeness (QED) is 0.745. The van der Waals surface area contributed by atoms with Crippen molar-refractivity contribution in [1.82, 2.24) is 0 Å². The molecular weight excluding hydrogens is 229 g/mol. The van der Waals surface area contributed by atoms with Crippen molar-refractivity contribution in [3.63, 3.8) is 0 Å². The Morgan fingerprint density at radius 1 is 1.57 bits per heavy atom. The van der Waals surface area contributed by atoms with Gasteiger partial charge in [0.2, 0.25) is 0 Å². The number of carboxylic acid groups (broad SMARTS) is 1. The molecule has 0 bridgehead atoms. The molecule has 84 valence electrons. The Balaban J connectivity index is 4.98. The zero-order chi connectivity index (χ0) is 11.6. The number of halogens is 3. The minimum absolute atomic E-state index is 0.783. The lowest BCUT2D eigenvalue weighted by molar-refractivity contribution is -0.00643. The first-order chi connectivity index (χ1) is 6.15. The Bertz CT molecular complexity index is 311. The Hall–Kier alpha value is -0.990. The molecule has 0 heterocycles. The van der Waals surface area contributed by atoms with Crippen LogP contribution in [0.1, 0.15) is 13.3 Å². The van der Waals surface area contributed by atoms with Crippen molar-refractivity contribution in [3.8, 4) is 0 Å². The maximum Gasteiger partial charge on any atom is 0.521 e. The van der Waals surface area contributed by atoms with Gasteiger partial charge in [0.15, 0.2) is 6.17 Å². The first kappa shape index (κ1) is 13.0. The molecule has 0 aromatic rings. The molecule has 1 unspecified atom stereocenters. The molecule has 0 aromatic heterocycles. The van der Waals surface area contributed by atoms with E-state index in [1.807, 2.05) is 0 Å². The summed E-state index contributed by atoms with van der Waals surface area (Å²) in [5.41, 5.74) is 0. The van der Waals surface area contributed by atoms with E-state index in [1.165, 1.54) is 0 Å². The smallest absolute Gasteiger partial charge is 0.449 e. The van der Waals surface area contributed by atoms with E-state index in [0.717, 1.165) is 6.92 Å². The van der Waals surface area contributed by atoms with Gasteiger partial charge in [0.1, 0.15) is 0 Å². The van der Waals surface area contributed by atoms with Crippen LogP contribution < -0.4 is 0 Å². The molecule has 1 N–H and O–H groups in total. The lowest BCUT2D eigenvalue weighted by atomic mass is 10.3. The number of hydrogen-bond acceptors (Lipinski definition) is 4. The van der Waals surface area contributed by atoms with E-state index in [2.05, 4.69) is 4.18 Å². The van der Waals surface area contributed by atoms with E-state index in [9.17, 15) is 26.4 Å². The van der Waals surface area contributed by atoms with Crippen LogP contribution in [-0.4, -0.2) is 31.1 Å². The average molecular weight is 236 g/mol. The van der Waals surface area contributed by atoms with Gasteiger partial charge in [0.05, 0.1) is 0 Å². The van der Waals surface area contributed by atoms with Crippen LogP contribution in [0.25, 0.3) is 0 Å². The highest BCUT2D eigenvalue weighted by Crippen LogP contribution is 2.31. The predicted molar refractivity (Wildman–Crippen MR) is 38.2 cm³/mol. The van der Waals surface area contributed by atoms with Crippen LogP contribution in [0.4, 0.5) is 18.0 Å². The van der Waals surface area contributed by atoms with Gasteiger partial charge in [-0.2, -0.15) is 17.2 Å². The van der Waals surface area contributed by atoms with Gasteiger partial charge >= 0.3 is 21.5 Å². The fourth-order valence-electron chi connectivity index (χ4n) is 0.544. The third-order valence-corrected chi connectivity index (χ3v) is 2.52.